The SMILES string of the molecule is CCC1C(=O)NC(C)(CC)C(=O)N1CC1CCOC1C. The Bertz CT molecular complexity index is 399. The molecule has 0 spiro atoms. The molecule has 114 valence electrons. The fourth-order valence-electron chi connectivity index (χ4n) is 3.13. The number of carbonyl (C=O) groups excluding carboxylic acids is 2. The Balaban J connectivity index is 2.20. The average molecular weight is 282 g/mol. The highest BCUT2D eigenvalue weighted by molar-refractivity contribution is 5.99. The van der Waals surface area contributed by atoms with E-state index in [0.717, 1.165) is 13.0 Å². The first-order valence-electron chi connectivity index (χ1n) is 7.67. The molecule has 1 N–H and O–H groups in total. The summed E-state index contributed by atoms with van der Waals surface area (Å²) in [5.41, 5.74) is -0.758. The van der Waals surface area contributed by atoms with Gasteiger partial charge in [-0.1, -0.05) is 13.8 Å². The Morgan fingerprint density at radius 3 is 2.60 bits per heavy atom. The second-order valence-corrected chi connectivity index (χ2v) is 6.18. The second-order valence-electron chi connectivity index (χ2n) is 6.18. The molecular formula is C15H26N2O3. The number of amides is 2. The quantitative estimate of drug-likeness (QED) is 0.846. The van der Waals surface area contributed by atoms with Gasteiger partial charge < -0.3 is 15.0 Å². The molecule has 4 atom stereocenters. The van der Waals surface area contributed by atoms with E-state index in [-0.39, 0.29) is 24.0 Å². The lowest BCUT2D eigenvalue weighted by Crippen LogP contribution is -2.69. The van der Waals surface area contributed by atoms with Gasteiger partial charge in [0.2, 0.25) is 11.8 Å². The Labute approximate surface area is 121 Å². The van der Waals surface area contributed by atoms with Crippen molar-refractivity contribution in [1.29, 1.82) is 0 Å². The van der Waals surface area contributed by atoms with E-state index >= 15 is 0 Å². The molecule has 0 aromatic heterocycles. The van der Waals surface area contributed by atoms with Crippen molar-refractivity contribution in [3.63, 3.8) is 0 Å². The molecule has 20 heavy (non-hydrogen) atoms. The zero-order chi connectivity index (χ0) is 14.9. The van der Waals surface area contributed by atoms with E-state index in [2.05, 4.69) is 5.32 Å². The maximum absolute atomic E-state index is 12.8. The van der Waals surface area contributed by atoms with Crippen molar-refractivity contribution in [1.82, 2.24) is 10.2 Å². The van der Waals surface area contributed by atoms with Crippen LogP contribution >= 0.6 is 0 Å². The second kappa shape index (κ2) is 5.72. The highest BCUT2D eigenvalue weighted by atomic mass is 16.5. The van der Waals surface area contributed by atoms with Gasteiger partial charge in [0.15, 0.2) is 0 Å². The summed E-state index contributed by atoms with van der Waals surface area (Å²) >= 11 is 0. The van der Waals surface area contributed by atoms with Crippen LogP contribution in [0.1, 0.15) is 47.0 Å². The monoisotopic (exact) mass is 282 g/mol. The molecule has 0 bridgehead atoms. The van der Waals surface area contributed by atoms with E-state index in [9.17, 15) is 9.59 Å². The van der Waals surface area contributed by atoms with Gasteiger partial charge in [-0.25, -0.2) is 0 Å². The van der Waals surface area contributed by atoms with Crippen LogP contribution in [-0.4, -0.2) is 47.6 Å². The molecule has 5 nitrogen and oxygen atoms in total. The lowest BCUT2D eigenvalue weighted by molar-refractivity contribution is -0.155. The third-order valence-electron chi connectivity index (χ3n) is 4.87. The molecular weight excluding hydrogens is 256 g/mol. The van der Waals surface area contributed by atoms with Crippen LogP contribution < -0.4 is 5.32 Å². The molecule has 2 saturated heterocycles. The van der Waals surface area contributed by atoms with Crippen LogP contribution in [0.3, 0.4) is 0 Å². The minimum absolute atomic E-state index is 0.0250. The maximum Gasteiger partial charge on any atom is 0.248 e. The number of nitrogens with one attached hydrogen (secondary N) is 1. The molecule has 0 saturated carbocycles. The van der Waals surface area contributed by atoms with Gasteiger partial charge >= 0.3 is 0 Å². The van der Waals surface area contributed by atoms with Crippen LogP contribution in [0.25, 0.3) is 0 Å². The summed E-state index contributed by atoms with van der Waals surface area (Å²) in [6, 6.07) is -0.338. The number of piperazine rings is 1. The van der Waals surface area contributed by atoms with Gasteiger partial charge in [0.05, 0.1) is 6.10 Å². The lowest BCUT2D eigenvalue weighted by atomic mass is 9.89. The van der Waals surface area contributed by atoms with Crippen molar-refractivity contribution < 1.29 is 14.3 Å². The third kappa shape index (κ3) is 2.55. The van der Waals surface area contributed by atoms with Crippen molar-refractivity contribution in [3.8, 4) is 0 Å². The first-order valence-corrected chi connectivity index (χ1v) is 7.67. The Morgan fingerprint density at radius 2 is 2.10 bits per heavy atom. The predicted octanol–water partition coefficient (Wildman–Crippen LogP) is 1.32. The highest BCUT2D eigenvalue weighted by Gasteiger charge is 2.47. The molecule has 2 aliphatic heterocycles. The van der Waals surface area contributed by atoms with E-state index in [1.54, 1.807) is 4.90 Å². The smallest absolute Gasteiger partial charge is 0.248 e. The van der Waals surface area contributed by atoms with Crippen molar-refractivity contribution in [2.75, 3.05) is 13.2 Å². The van der Waals surface area contributed by atoms with E-state index in [4.69, 9.17) is 4.74 Å². The Morgan fingerprint density at radius 1 is 1.40 bits per heavy atom. The van der Waals surface area contributed by atoms with Crippen molar-refractivity contribution >= 4 is 11.8 Å². The van der Waals surface area contributed by atoms with Crippen molar-refractivity contribution in [2.24, 2.45) is 5.92 Å². The molecule has 4 unspecified atom stereocenters. The molecule has 0 aromatic rings. The summed E-state index contributed by atoms with van der Waals surface area (Å²) in [7, 11) is 0. The van der Waals surface area contributed by atoms with Crippen molar-refractivity contribution in [3.05, 3.63) is 0 Å². The average Bonchev–Trinajstić information content (AvgIpc) is 2.81. The third-order valence-corrected chi connectivity index (χ3v) is 4.87. The Kier molecular flexibility index (Phi) is 4.37. The van der Waals surface area contributed by atoms with Gasteiger partial charge in [-0.15, -0.1) is 0 Å². The number of hydrogen-bond acceptors (Lipinski definition) is 3. The van der Waals surface area contributed by atoms with E-state index in [1.165, 1.54) is 0 Å². The van der Waals surface area contributed by atoms with E-state index < -0.39 is 5.54 Å². The van der Waals surface area contributed by atoms with Crippen LogP contribution in [0.5, 0.6) is 0 Å². The topological polar surface area (TPSA) is 58.6 Å². The van der Waals surface area contributed by atoms with Crippen molar-refractivity contribution in [2.45, 2.75) is 64.6 Å². The molecule has 2 amide bonds. The first-order chi connectivity index (χ1) is 9.42. The fourth-order valence-corrected chi connectivity index (χ4v) is 3.13. The first kappa shape index (κ1) is 15.3. The molecule has 0 radical (unpaired) electrons. The van der Waals surface area contributed by atoms with Crippen LogP contribution in [0.2, 0.25) is 0 Å². The lowest BCUT2D eigenvalue weighted by Gasteiger charge is -2.45. The minimum Gasteiger partial charge on any atom is -0.378 e. The zero-order valence-electron chi connectivity index (χ0n) is 12.9. The highest BCUT2D eigenvalue weighted by Crippen LogP contribution is 2.28. The standard InChI is InChI=1S/C15H26N2O3/c1-5-12-13(18)16-15(4,6-2)14(19)17(12)9-11-7-8-20-10(11)3/h10-12H,5-9H2,1-4H3,(H,16,18). The zero-order valence-corrected chi connectivity index (χ0v) is 12.9. The minimum atomic E-state index is -0.758. The van der Waals surface area contributed by atoms with Gasteiger partial charge in [0.25, 0.3) is 0 Å². The molecule has 2 fully saturated rings. The van der Waals surface area contributed by atoms with Gasteiger partial charge in [0, 0.05) is 19.1 Å². The Hall–Kier alpha value is -1.10. The molecule has 2 heterocycles. The van der Waals surface area contributed by atoms with Crippen LogP contribution in [0.4, 0.5) is 0 Å². The molecule has 2 aliphatic rings. The summed E-state index contributed by atoms with van der Waals surface area (Å²) in [5, 5.41) is 2.90. The van der Waals surface area contributed by atoms with E-state index in [1.807, 2.05) is 27.7 Å². The van der Waals surface area contributed by atoms with E-state index in [0.29, 0.717) is 25.3 Å². The number of nitrogens with zero attached hydrogens (tertiary/aromatic N) is 1. The molecule has 0 aromatic carbocycles. The normalized spacial score (nSPS) is 38.2. The fraction of sp³-hybridized carbons (Fsp3) is 0.867. The van der Waals surface area contributed by atoms with Crippen LogP contribution in [-0.2, 0) is 14.3 Å². The van der Waals surface area contributed by atoms with Gasteiger partial charge in [-0.05, 0) is 33.1 Å². The summed E-state index contributed by atoms with van der Waals surface area (Å²) < 4.78 is 5.58. The summed E-state index contributed by atoms with van der Waals surface area (Å²) in [6.45, 7) is 9.13. The summed E-state index contributed by atoms with van der Waals surface area (Å²) in [4.78, 5) is 26.8. The summed E-state index contributed by atoms with van der Waals surface area (Å²) in [6.07, 6.45) is 2.39. The van der Waals surface area contributed by atoms with Crippen LogP contribution in [0, 0.1) is 5.92 Å². The van der Waals surface area contributed by atoms with Gasteiger partial charge in [-0.2, -0.15) is 0 Å². The number of hydrogen-bond donors (Lipinski definition) is 1. The maximum atomic E-state index is 12.8. The summed E-state index contributed by atoms with van der Waals surface area (Å²) in [5.74, 6) is 0.355. The van der Waals surface area contributed by atoms with Gasteiger partial charge in [-0.3, -0.25) is 9.59 Å². The number of carbonyl (C=O) groups is 2. The molecule has 5 heteroatoms. The van der Waals surface area contributed by atoms with Crippen LogP contribution in [0.15, 0.2) is 0 Å². The van der Waals surface area contributed by atoms with Gasteiger partial charge in [0.1, 0.15) is 11.6 Å². The number of ether oxygens (including phenoxy) is 1. The molecule has 0 aliphatic carbocycles. The largest absolute Gasteiger partial charge is 0.378 e. The molecule has 2 rings (SSSR count). The number of rotatable bonds is 4. The predicted molar refractivity (Wildman–Crippen MR) is 76.2 cm³/mol.